The summed E-state index contributed by atoms with van der Waals surface area (Å²) in [6, 6.07) is 15.5. The number of hydrogen-bond acceptors (Lipinski definition) is 1. The smallest absolute Gasteiger partial charge is 0.307 e. The molecule has 3 nitrogen and oxygen atoms in total. The Balaban J connectivity index is 2.07. The van der Waals surface area contributed by atoms with E-state index in [9.17, 15) is 4.79 Å². The summed E-state index contributed by atoms with van der Waals surface area (Å²) in [6.07, 6.45) is 0. The van der Waals surface area contributed by atoms with Crippen molar-refractivity contribution in [3.63, 3.8) is 0 Å². The molecule has 106 valence electrons. The second-order valence-electron chi connectivity index (χ2n) is 5.51. The van der Waals surface area contributed by atoms with E-state index in [1.807, 2.05) is 36.4 Å². The summed E-state index contributed by atoms with van der Waals surface area (Å²) in [4.78, 5) is 14.0. The fourth-order valence-corrected chi connectivity index (χ4v) is 2.53. The molecule has 0 saturated heterocycles. The first kappa shape index (κ1) is 13.4. The highest BCUT2D eigenvalue weighted by Crippen LogP contribution is 2.36. The molecule has 21 heavy (non-hydrogen) atoms. The molecule has 0 saturated carbocycles. The summed E-state index contributed by atoms with van der Waals surface area (Å²) in [5, 5.41) is 2.93. The standard InChI is InChI=1S/C18H18N2O/c1-12(2)14-9-10-17-16(11-14)13(3)20(18(21)19-17)15-7-5-4-6-8-15/h4-12H,3H2,1-2H3,(H,19,21). The van der Waals surface area contributed by atoms with Crippen LogP contribution in [-0.4, -0.2) is 6.03 Å². The zero-order valence-electron chi connectivity index (χ0n) is 12.3. The number of anilines is 2. The Labute approximate surface area is 124 Å². The van der Waals surface area contributed by atoms with Crippen molar-refractivity contribution in [2.75, 3.05) is 10.2 Å². The van der Waals surface area contributed by atoms with Crippen LogP contribution in [0.3, 0.4) is 0 Å². The van der Waals surface area contributed by atoms with Crippen LogP contribution >= 0.6 is 0 Å². The van der Waals surface area contributed by atoms with Crippen LogP contribution in [0.25, 0.3) is 5.70 Å². The van der Waals surface area contributed by atoms with Gasteiger partial charge in [-0.05, 0) is 35.7 Å². The van der Waals surface area contributed by atoms with Crippen LogP contribution in [0, 0.1) is 0 Å². The van der Waals surface area contributed by atoms with Crippen molar-refractivity contribution in [1.29, 1.82) is 0 Å². The number of carbonyl (C=O) groups excluding carboxylic acids is 1. The van der Waals surface area contributed by atoms with Gasteiger partial charge in [-0.1, -0.05) is 44.7 Å². The lowest BCUT2D eigenvalue weighted by Gasteiger charge is -2.31. The molecule has 1 heterocycles. The molecule has 0 radical (unpaired) electrons. The Morgan fingerprint density at radius 2 is 1.81 bits per heavy atom. The van der Waals surface area contributed by atoms with Crippen LogP contribution in [0.5, 0.6) is 0 Å². The predicted molar refractivity (Wildman–Crippen MR) is 87.5 cm³/mol. The monoisotopic (exact) mass is 278 g/mol. The van der Waals surface area contributed by atoms with Gasteiger partial charge in [-0.2, -0.15) is 0 Å². The maximum Gasteiger partial charge on any atom is 0.330 e. The topological polar surface area (TPSA) is 32.3 Å². The Morgan fingerprint density at radius 1 is 1.10 bits per heavy atom. The summed E-state index contributed by atoms with van der Waals surface area (Å²) < 4.78 is 0. The third kappa shape index (κ3) is 2.31. The van der Waals surface area contributed by atoms with Gasteiger partial charge in [-0.25, -0.2) is 4.79 Å². The zero-order valence-corrected chi connectivity index (χ0v) is 12.3. The van der Waals surface area contributed by atoms with E-state index >= 15 is 0 Å². The maximum atomic E-state index is 12.3. The van der Waals surface area contributed by atoms with Gasteiger partial charge in [0.2, 0.25) is 0 Å². The molecule has 3 rings (SSSR count). The molecular weight excluding hydrogens is 260 g/mol. The fourth-order valence-electron chi connectivity index (χ4n) is 2.53. The second-order valence-corrected chi connectivity index (χ2v) is 5.51. The summed E-state index contributed by atoms with van der Waals surface area (Å²) in [7, 11) is 0. The van der Waals surface area contributed by atoms with Gasteiger partial charge in [0, 0.05) is 5.56 Å². The molecule has 0 aromatic heterocycles. The molecule has 3 heteroatoms. The first-order chi connectivity index (χ1) is 10.1. The van der Waals surface area contributed by atoms with Gasteiger partial charge in [-0.3, -0.25) is 4.90 Å². The Kier molecular flexibility index (Phi) is 3.26. The molecule has 0 aliphatic carbocycles. The van der Waals surface area contributed by atoms with E-state index < -0.39 is 0 Å². The van der Waals surface area contributed by atoms with E-state index in [4.69, 9.17) is 0 Å². The minimum absolute atomic E-state index is 0.170. The average Bonchev–Trinajstić information content (AvgIpc) is 2.48. The highest BCUT2D eigenvalue weighted by atomic mass is 16.2. The maximum absolute atomic E-state index is 12.3. The van der Waals surface area contributed by atoms with E-state index in [-0.39, 0.29) is 6.03 Å². The van der Waals surface area contributed by atoms with E-state index in [1.54, 1.807) is 4.90 Å². The number of benzene rings is 2. The van der Waals surface area contributed by atoms with Crippen molar-refractivity contribution in [3.05, 3.63) is 66.2 Å². The molecule has 0 spiro atoms. The number of rotatable bonds is 2. The highest BCUT2D eigenvalue weighted by molar-refractivity contribution is 6.16. The normalized spacial score (nSPS) is 14.1. The summed E-state index contributed by atoms with van der Waals surface area (Å²) in [5.41, 5.74) is 4.56. The first-order valence-corrected chi connectivity index (χ1v) is 7.07. The van der Waals surface area contributed by atoms with Crippen LogP contribution in [0.2, 0.25) is 0 Å². The number of fused-ring (bicyclic) bond motifs is 1. The largest absolute Gasteiger partial charge is 0.330 e. The minimum Gasteiger partial charge on any atom is -0.307 e. The van der Waals surface area contributed by atoms with E-state index in [1.165, 1.54) is 5.56 Å². The zero-order chi connectivity index (χ0) is 15.0. The van der Waals surface area contributed by atoms with Crippen molar-refractivity contribution in [2.24, 2.45) is 0 Å². The summed E-state index contributed by atoms with van der Waals surface area (Å²) in [6.45, 7) is 8.44. The van der Waals surface area contributed by atoms with Gasteiger partial charge >= 0.3 is 6.03 Å². The molecule has 0 fully saturated rings. The van der Waals surface area contributed by atoms with Crippen LogP contribution in [-0.2, 0) is 0 Å². The highest BCUT2D eigenvalue weighted by Gasteiger charge is 2.27. The van der Waals surface area contributed by atoms with Gasteiger partial charge in [0.1, 0.15) is 0 Å². The van der Waals surface area contributed by atoms with E-state index in [0.29, 0.717) is 11.6 Å². The second kappa shape index (κ2) is 5.09. The number of nitrogens with zero attached hydrogens (tertiary/aromatic N) is 1. The van der Waals surface area contributed by atoms with Crippen LogP contribution in [0.4, 0.5) is 16.2 Å². The van der Waals surface area contributed by atoms with Crippen molar-refractivity contribution in [3.8, 4) is 0 Å². The van der Waals surface area contributed by atoms with E-state index in [2.05, 4.69) is 37.9 Å². The lowest BCUT2D eigenvalue weighted by molar-refractivity contribution is 0.259. The van der Waals surface area contributed by atoms with Gasteiger partial charge in [0.05, 0.1) is 17.1 Å². The van der Waals surface area contributed by atoms with Gasteiger partial charge in [0.15, 0.2) is 0 Å². The van der Waals surface area contributed by atoms with E-state index in [0.717, 1.165) is 16.9 Å². The Morgan fingerprint density at radius 3 is 2.48 bits per heavy atom. The van der Waals surface area contributed by atoms with Crippen molar-refractivity contribution < 1.29 is 4.79 Å². The molecule has 0 unspecified atom stereocenters. The Bertz CT molecular complexity index is 704. The van der Waals surface area contributed by atoms with Crippen LogP contribution < -0.4 is 10.2 Å². The lowest BCUT2D eigenvalue weighted by atomic mass is 9.97. The third-order valence-corrected chi connectivity index (χ3v) is 3.75. The number of urea groups is 1. The number of amides is 2. The van der Waals surface area contributed by atoms with Crippen molar-refractivity contribution in [2.45, 2.75) is 19.8 Å². The molecule has 2 aromatic rings. The van der Waals surface area contributed by atoms with Crippen LogP contribution in [0.1, 0.15) is 30.9 Å². The fraction of sp³-hybridized carbons (Fsp3) is 0.167. The van der Waals surface area contributed by atoms with Crippen molar-refractivity contribution in [1.82, 2.24) is 0 Å². The summed E-state index contributed by atoms with van der Waals surface area (Å²) >= 11 is 0. The third-order valence-electron chi connectivity index (χ3n) is 3.75. The molecule has 2 amide bonds. The molecule has 0 atom stereocenters. The predicted octanol–water partition coefficient (Wildman–Crippen LogP) is 4.83. The Hall–Kier alpha value is -2.55. The SMILES string of the molecule is C=C1c2cc(C(C)C)ccc2NC(=O)N1c1ccccc1. The van der Waals surface area contributed by atoms with Gasteiger partial charge in [-0.15, -0.1) is 0 Å². The number of nitrogens with one attached hydrogen (secondary N) is 1. The van der Waals surface area contributed by atoms with Crippen LogP contribution in [0.15, 0.2) is 55.1 Å². The molecule has 1 N–H and O–H groups in total. The number of para-hydroxylation sites is 1. The summed E-state index contributed by atoms with van der Waals surface area (Å²) in [5.74, 6) is 0.436. The molecule has 2 aromatic carbocycles. The van der Waals surface area contributed by atoms with Gasteiger partial charge in [0.25, 0.3) is 0 Å². The first-order valence-electron chi connectivity index (χ1n) is 7.07. The minimum atomic E-state index is -0.170. The molecule has 1 aliphatic heterocycles. The molecule has 1 aliphatic rings. The van der Waals surface area contributed by atoms with Crippen molar-refractivity contribution >= 4 is 23.1 Å². The molecular formula is C18H18N2O. The molecule has 0 bridgehead atoms. The van der Waals surface area contributed by atoms with Gasteiger partial charge < -0.3 is 5.32 Å². The lowest BCUT2D eigenvalue weighted by Crippen LogP contribution is -2.37. The number of hydrogen-bond donors (Lipinski definition) is 1. The average molecular weight is 278 g/mol. The number of carbonyl (C=O) groups is 1. The quantitative estimate of drug-likeness (QED) is 0.838.